The maximum atomic E-state index is 13.9. The highest BCUT2D eigenvalue weighted by atomic mass is 16.6. The minimum Gasteiger partial charge on any atom is -0.497 e. The van der Waals surface area contributed by atoms with E-state index in [1.807, 2.05) is 0 Å². The Hall–Kier alpha value is -5.07. The number of aliphatic hydroxyl groups is 2. The second-order valence-electron chi connectivity index (χ2n) is 11.5. The molecule has 1 fully saturated rings. The number of non-ortho nitro benzene ring substituents is 1. The molecule has 12 heteroatoms. The van der Waals surface area contributed by atoms with Crippen molar-refractivity contribution in [2.24, 2.45) is 5.92 Å². The van der Waals surface area contributed by atoms with E-state index in [0.29, 0.717) is 34.8 Å². The van der Waals surface area contributed by atoms with Crippen LogP contribution in [0.3, 0.4) is 0 Å². The van der Waals surface area contributed by atoms with Gasteiger partial charge in [0.2, 0.25) is 5.91 Å². The predicted molar refractivity (Wildman–Crippen MR) is 170 cm³/mol. The molecule has 46 heavy (non-hydrogen) atoms. The Bertz CT molecular complexity index is 1660. The molecule has 0 bridgehead atoms. The van der Waals surface area contributed by atoms with E-state index < -0.39 is 22.3 Å². The van der Waals surface area contributed by atoms with E-state index in [1.165, 1.54) is 23.1 Å². The molecule has 3 amide bonds. The summed E-state index contributed by atoms with van der Waals surface area (Å²) in [4.78, 5) is 53.4. The number of amides is 3. The zero-order valence-electron chi connectivity index (χ0n) is 25.6. The van der Waals surface area contributed by atoms with Crippen molar-refractivity contribution < 1.29 is 34.3 Å². The van der Waals surface area contributed by atoms with Gasteiger partial charge in [-0.1, -0.05) is 31.2 Å². The first kappa shape index (κ1) is 32.3. The molecule has 0 aromatic heterocycles. The molecular weight excluding hydrogens is 592 g/mol. The van der Waals surface area contributed by atoms with Crippen molar-refractivity contribution in [1.82, 2.24) is 4.90 Å². The van der Waals surface area contributed by atoms with Crippen LogP contribution in [0.2, 0.25) is 0 Å². The number of likely N-dealkylation sites (tertiary alicyclic amines) is 1. The maximum absolute atomic E-state index is 13.9. The summed E-state index contributed by atoms with van der Waals surface area (Å²) in [5.41, 5.74) is -0.240. The van der Waals surface area contributed by atoms with Crippen molar-refractivity contribution in [2.45, 2.75) is 44.4 Å². The number of carbonyl (C=O) groups is 3. The first-order valence-corrected chi connectivity index (χ1v) is 15.0. The third-order valence-electron chi connectivity index (χ3n) is 8.65. The number of aliphatic hydroxyl groups excluding tert-OH is 1. The van der Waals surface area contributed by atoms with E-state index in [4.69, 9.17) is 4.74 Å². The minimum atomic E-state index is -2.12. The number of rotatable bonds is 11. The van der Waals surface area contributed by atoms with Crippen LogP contribution in [0.4, 0.5) is 17.1 Å². The first-order valence-electron chi connectivity index (χ1n) is 15.0. The van der Waals surface area contributed by atoms with Gasteiger partial charge in [-0.3, -0.25) is 24.5 Å². The highest BCUT2D eigenvalue weighted by molar-refractivity contribution is 6.07. The van der Waals surface area contributed by atoms with Gasteiger partial charge in [0, 0.05) is 47.8 Å². The summed E-state index contributed by atoms with van der Waals surface area (Å²) in [6, 6.07) is 17.3. The Morgan fingerprint density at radius 1 is 1.15 bits per heavy atom. The van der Waals surface area contributed by atoms with E-state index in [0.717, 1.165) is 12.8 Å². The zero-order valence-corrected chi connectivity index (χ0v) is 25.6. The summed E-state index contributed by atoms with van der Waals surface area (Å²) in [7, 11) is 1.54. The van der Waals surface area contributed by atoms with Gasteiger partial charge in [-0.15, -0.1) is 0 Å². The number of nitro groups is 1. The SMILES string of the molecule is COc1ccc(C(=O)Nc2ccc(CN3C(=O)[C@](O)([C@H](C)/C=C/CC(=O)N4CCC[C@H]4CO)c4cc([N+](=O)[O-])ccc43)cc2)cc1. The molecule has 1 saturated heterocycles. The number of ether oxygens (including phenoxy) is 1. The van der Waals surface area contributed by atoms with Gasteiger partial charge >= 0.3 is 0 Å². The highest BCUT2D eigenvalue weighted by Crippen LogP contribution is 2.47. The van der Waals surface area contributed by atoms with Crippen molar-refractivity contribution in [2.75, 3.05) is 30.5 Å². The lowest BCUT2D eigenvalue weighted by Crippen LogP contribution is -2.44. The van der Waals surface area contributed by atoms with Gasteiger partial charge in [0.15, 0.2) is 5.60 Å². The van der Waals surface area contributed by atoms with Crippen LogP contribution in [-0.4, -0.2) is 64.1 Å². The lowest BCUT2D eigenvalue weighted by atomic mass is 9.82. The van der Waals surface area contributed by atoms with E-state index >= 15 is 0 Å². The van der Waals surface area contributed by atoms with Gasteiger partial charge in [-0.05, 0) is 60.9 Å². The molecule has 3 N–H and O–H groups in total. The van der Waals surface area contributed by atoms with Gasteiger partial charge < -0.3 is 30.1 Å². The van der Waals surface area contributed by atoms with Gasteiger partial charge in [0.05, 0.1) is 36.9 Å². The average Bonchev–Trinajstić information content (AvgIpc) is 3.63. The number of nitrogens with one attached hydrogen (secondary N) is 1. The molecule has 0 saturated carbocycles. The molecule has 12 nitrogen and oxygen atoms in total. The third kappa shape index (κ3) is 6.35. The minimum absolute atomic E-state index is 0.0258. The molecule has 2 aliphatic heterocycles. The lowest BCUT2D eigenvalue weighted by molar-refractivity contribution is -0.385. The Labute approximate surface area is 266 Å². The summed E-state index contributed by atoms with van der Waals surface area (Å²) in [5.74, 6) is -1.31. The van der Waals surface area contributed by atoms with Gasteiger partial charge in [0.25, 0.3) is 17.5 Å². The molecule has 0 radical (unpaired) electrons. The summed E-state index contributed by atoms with van der Waals surface area (Å²) in [5, 5.41) is 35.9. The lowest BCUT2D eigenvalue weighted by Gasteiger charge is -2.28. The highest BCUT2D eigenvalue weighted by Gasteiger charge is 2.53. The monoisotopic (exact) mass is 628 g/mol. The predicted octanol–water partition coefficient (Wildman–Crippen LogP) is 4.16. The second-order valence-corrected chi connectivity index (χ2v) is 11.5. The van der Waals surface area contributed by atoms with Crippen molar-refractivity contribution in [3.63, 3.8) is 0 Å². The van der Waals surface area contributed by atoms with Crippen molar-refractivity contribution in [1.29, 1.82) is 0 Å². The van der Waals surface area contributed by atoms with Crippen LogP contribution < -0.4 is 15.0 Å². The van der Waals surface area contributed by atoms with Gasteiger partial charge in [-0.25, -0.2) is 0 Å². The van der Waals surface area contributed by atoms with E-state index in [1.54, 1.807) is 79.6 Å². The number of carbonyl (C=O) groups excluding carboxylic acids is 3. The Balaban J connectivity index is 1.33. The van der Waals surface area contributed by atoms with E-state index in [9.17, 15) is 34.7 Å². The van der Waals surface area contributed by atoms with Gasteiger partial charge in [0.1, 0.15) is 5.75 Å². The molecule has 240 valence electrons. The fourth-order valence-corrected chi connectivity index (χ4v) is 6.01. The Kier molecular flexibility index (Phi) is 9.49. The molecule has 5 rings (SSSR count). The smallest absolute Gasteiger partial charge is 0.269 e. The van der Waals surface area contributed by atoms with Crippen molar-refractivity contribution in [3.05, 3.63) is 106 Å². The Morgan fingerprint density at radius 2 is 1.87 bits per heavy atom. The van der Waals surface area contributed by atoms with Crippen LogP contribution in [-0.2, 0) is 21.7 Å². The zero-order chi connectivity index (χ0) is 33.0. The molecule has 0 aliphatic carbocycles. The number of methoxy groups -OCH3 is 1. The number of fused-ring (bicyclic) bond motifs is 1. The molecule has 2 heterocycles. The largest absolute Gasteiger partial charge is 0.497 e. The van der Waals surface area contributed by atoms with E-state index in [2.05, 4.69) is 5.32 Å². The summed E-state index contributed by atoms with van der Waals surface area (Å²) in [6.45, 7) is 2.15. The quantitative estimate of drug-likeness (QED) is 0.162. The van der Waals surface area contributed by atoms with Crippen LogP contribution in [0, 0.1) is 16.0 Å². The standard InChI is InChI=1S/C34H36N4O8/c1-22(5-3-7-31(40)36-18-4-6-27(36)21-39)34(43)29-19-26(38(44)45)14-17-30(29)37(33(34)42)20-23-8-12-25(13-9-23)35-32(41)24-10-15-28(46-2)16-11-24/h3,5,8-17,19,22,27,39,43H,4,6-7,18,20-21H2,1-2H3,(H,35,41)/b5-3+/t22-,27+,34+/m1/s1. The van der Waals surface area contributed by atoms with Crippen LogP contribution in [0.25, 0.3) is 0 Å². The molecule has 3 aromatic carbocycles. The third-order valence-corrected chi connectivity index (χ3v) is 8.65. The normalized spacial score (nSPS) is 19.7. The van der Waals surface area contributed by atoms with Crippen LogP contribution in [0.1, 0.15) is 47.7 Å². The summed E-state index contributed by atoms with van der Waals surface area (Å²) >= 11 is 0. The molecule has 0 unspecified atom stereocenters. The number of benzene rings is 3. The molecule has 3 aromatic rings. The van der Waals surface area contributed by atoms with Crippen LogP contribution in [0.15, 0.2) is 78.9 Å². The van der Waals surface area contributed by atoms with Crippen LogP contribution >= 0.6 is 0 Å². The number of hydrogen-bond acceptors (Lipinski definition) is 8. The number of nitro benzene ring substituents is 1. The van der Waals surface area contributed by atoms with Crippen molar-refractivity contribution in [3.8, 4) is 5.75 Å². The average molecular weight is 629 g/mol. The summed E-state index contributed by atoms with van der Waals surface area (Å²) in [6.07, 6.45) is 4.74. The molecular formula is C34H36N4O8. The molecule has 3 atom stereocenters. The molecule has 0 spiro atoms. The number of hydrogen-bond donors (Lipinski definition) is 3. The van der Waals surface area contributed by atoms with Crippen LogP contribution in [0.5, 0.6) is 5.75 Å². The summed E-state index contributed by atoms with van der Waals surface area (Å²) < 4.78 is 5.13. The number of nitrogens with zero attached hydrogens (tertiary/aromatic N) is 3. The van der Waals surface area contributed by atoms with Gasteiger partial charge in [-0.2, -0.15) is 0 Å². The fraction of sp³-hybridized carbons (Fsp3) is 0.324. The second kappa shape index (κ2) is 13.5. The fourth-order valence-electron chi connectivity index (χ4n) is 6.01. The Morgan fingerprint density at radius 3 is 2.52 bits per heavy atom. The first-order chi connectivity index (χ1) is 22.1. The topological polar surface area (TPSA) is 163 Å². The maximum Gasteiger partial charge on any atom is 0.269 e. The number of anilines is 2. The van der Waals surface area contributed by atoms with E-state index in [-0.39, 0.29) is 48.7 Å². The van der Waals surface area contributed by atoms with Crippen molar-refractivity contribution >= 4 is 34.8 Å². The molecule has 2 aliphatic rings.